The van der Waals surface area contributed by atoms with Crippen LogP contribution in [0.1, 0.15) is 25.0 Å². The van der Waals surface area contributed by atoms with Crippen LogP contribution in [-0.2, 0) is 23.3 Å². The molecule has 8 nitrogen and oxygen atoms in total. The zero-order chi connectivity index (χ0) is 18.2. The molecule has 0 unspecified atom stereocenters. The zero-order valence-corrected chi connectivity index (χ0v) is 15.1. The van der Waals surface area contributed by atoms with Gasteiger partial charge in [-0.25, -0.2) is 4.39 Å². The molecule has 2 heterocycles. The number of aromatic nitrogens is 2. The highest BCUT2D eigenvalue weighted by Gasteiger charge is 2.33. The number of amides is 1. The van der Waals surface area contributed by atoms with E-state index in [1.807, 2.05) is 0 Å². The molecular formula is C16H19ClFN5O3. The Morgan fingerprint density at radius 3 is 2.85 bits per heavy atom. The van der Waals surface area contributed by atoms with Gasteiger partial charge in [-0.3, -0.25) is 19.6 Å². The van der Waals surface area contributed by atoms with Crippen molar-refractivity contribution in [2.75, 3.05) is 11.9 Å². The molecule has 0 radical (unpaired) electrons. The van der Waals surface area contributed by atoms with E-state index in [1.165, 1.54) is 16.9 Å². The molecule has 26 heavy (non-hydrogen) atoms. The summed E-state index contributed by atoms with van der Waals surface area (Å²) in [5, 5.41) is 20.4. The molecule has 140 valence electrons. The molecule has 0 aliphatic carbocycles. The third-order valence-corrected chi connectivity index (χ3v) is 4.36. The monoisotopic (exact) mass is 383 g/mol. The van der Waals surface area contributed by atoms with Crippen molar-refractivity contribution in [1.82, 2.24) is 15.1 Å². The highest BCUT2D eigenvalue weighted by atomic mass is 35.5. The number of halogens is 2. The van der Waals surface area contributed by atoms with Crippen molar-refractivity contribution in [2.24, 2.45) is 0 Å². The lowest BCUT2D eigenvalue weighted by Crippen LogP contribution is -2.41. The van der Waals surface area contributed by atoms with Crippen LogP contribution in [0.15, 0.2) is 24.5 Å². The summed E-state index contributed by atoms with van der Waals surface area (Å²) in [4.78, 5) is 22.8. The van der Waals surface area contributed by atoms with Crippen LogP contribution < -0.4 is 10.6 Å². The van der Waals surface area contributed by atoms with Crippen LogP contribution in [0.25, 0.3) is 0 Å². The second-order valence-corrected chi connectivity index (χ2v) is 6.40. The molecule has 1 aromatic carbocycles. The van der Waals surface area contributed by atoms with E-state index in [0.29, 0.717) is 25.1 Å². The van der Waals surface area contributed by atoms with Gasteiger partial charge in [0, 0.05) is 6.54 Å². The van der Waals surface area contributed by atoms with Gasteiger partial charge in [0.1, 0.15) is 23.7 Å². The number of rotatable bonds is 4. The topological polar surface area (TPSA) is 102 Å². The van der Waals surface area contributed by atoms with Crippen LogP contribution >= 0.6 is 12.4 Å². The first-order valence-electron chi connectivity index (χ1n) is 7.82. The lowest BCUT2D eigenvalue weighted by Gasteiger charge is -2.25. The molecule has 3 rings (SSSR count). The minimum Gasteiger partial charge on any atom is -0.321 e. The molecule has 1 aromatic heterocycles. The Labute approximate surface area is 155 Å². The molecule has 0 bridgehead atoms. The Bertz CT molecular complexity index is 852. The van der Waals surface area contributed by atoms with Gasteiger partial charge in [0.2, 0.25) is 0 Å². The van der Waals surface area contributed by atoms with Crippen LogP contribution in [-0.4, -0.2) is 27.2 Å². The Morgan fingerprint density at radius 1 is 1.46 bits per heavy atom. The summed E-state index contributed by atoms with van der Waals surface area (Å²) >= 11 is 0. The van der Waals surface area contributed by atoms with Crippen molar-refractivity contribution < 1.29 is 14.1 Å². The number of nitrogens with zero attached hydrogens (tertiary/aromatic N) is 3. The SMILES string of the molecule is CC(C)(C(=O)Nc1ccc2c(c1F)CCNC2)n1cc([N+](=O)[O-])cn1.Cl. The summed E-state index contributed by atoms with van der Waals surface area (Å²) in [6.45, 7) is 4.39. The fourth-order valence-corrected chi connectivity index (χ4v) is 2.72. The van der Waals surface area contributed by atoms with Crippen LogP contribution in [0.4, 0.5) is 15.8 Å². The molecular weight excluding hydrogens is 365 g/mol. The third kappa shape index (κ3) is 3.54. The van der Waals surface area contributed by atoms with Crippen LogP contribution in [0, 0.1) is 15.9 Å². The quantitative estimate of drug-likeness (QED) is 0.623. The van der Waals surface area contributed by atoms with E-state index in [4.69, 9.17) is 0 Å². The highest BCUT2D eigenvalue weighted by Crippen LogP contribution is 2.26. The molecule has 1 aliphatic heterocycles. The maximum atomic E-state index is 14.7. The summed E-state index contributed by atoms with van der Waals surface area (Å²) in [6, 6.07) is 3.31. The Kier molecular flexibility index (Phi) is 5.62. The number of hydrogen-bond acceptors (Lipinski definition) is 5. The minimum absolute atomic E-state index is 0. The Balaban J connectivity index is 0.00000243. The van der Waals surface area contributed by atoms with E-state index in [0.717, 1.165) is 11.8 Å². The Morgan fingerprint density at radius 2 is 2.19 bits per heavy atom. The summed E-state index contributed by atoms with van der Waals surface area (Å²) in [7, 11) is 0. The van der Waals surface area contributed by atoms with Crippen LogP contribution in [0.5, 0.6) is 0 Å². The smallest absolute Gasteiger partial charge is 0.307 e. The summed E-state index contributed by atoms with van der Waals surface area (Å²) in [5.74, 6) is -0.951. The minimum atomic E-state index is -1.22. The normalized spacial score (nSPS) is 13.5. The van der Waals surface area contributed by atoms with E-state index in [-0.39, 0.29) is 23.8 Å². The Hall–Kier alpha value is -2.52. The first-order valence-corrected chi connectivity index (χ1v) is 7.82. The summed E-state index contributed by atoms with van der Waals surface area (Å²) in [5.41, 5.74) is 0.138. The first kappa shape index (κ1) is 19.8. The number of fused-ring (bicyclic) bond motifs is 1. The van der Waals surface area contributed by atoms with Crippen LogP contribution in [0.2, 0.25) is 0 Å². The predicted molar refractivity (Wildman–Crippen MR) is 95.9 cm³/mol. The fraction of sp³-hybridized carbons (Fsp3) is 0.375. The van der Waals surface area contributed by atoms with Crippen molar-refractivity contribution in [3.8, 4) is 0 Å². The number of nitro groups is 1. The summed E-state index contributed by atoms with van der Waals surface area (Å²) < 4.78 is 15.9. The molecule has 0 spiro atoms. The van der Waals surface area contributed by atoms with Gasteiger partial charge in [0.15, 0.2) is 0 Å². The van der Waals surface area contributed by atoms with Gasteiger partial charge in [-0.1, -0.05) is 6.07 Å². The van der Waals surface area contributed by atoms with Gasteiger partial charge in [0.25, 0.3) is 5.91 Å². The number of hydrogen-bond donors (Lipinski definition) is 2. The van der Waals surface area contributed by atoms with Crippen molar-refractivity contribution in [3.05, 3.63) is 51.6 Å². The lowest BCUT2D eigenvalue weighted by molar-refractivity contribution is -0.385. The summed E-state index contributed by atoms with van der Waals surface area (Å²) in [6.07, 6.45) is 2.80. The average Bonchev–Trinajstić information content (AvgIpc) is 3.08. The number of anilines is 1. The molecule has 1 aliphatic rings. The van der Waals surface area contributed by atoms with Gasteiger partial charge in [-0.05, 0) is 44.0 Å². The van der Waals surface area contributed by atoms with Gasteiger partial charge in [-0.15, -0.1) is 12.4 Å². The third-order valence-electron chi connectivity index (χ3n) is 4.36. The zero-order valence-electron chi connectivity index (χ0n) is 14.3. The maximum Gasteiger partial charge on any atom is 0.307 e. The first-order chi connectivity index (χ1) is 11.8. The molecule has 1 amide bonds. The predicted octanol–water partition coefficient (Wildman–Crippen LogP) is 2.37. The largest absolute Gasteiger partial charge is 0.321 e. The van der Waals surface area contributed by atoms with Crippen molar-refractivity contribution in [2.45, 2.75) is 32.4 Å². The van der Waals surface area contributed by atoms with Gasteiger partial charge >= 0.3 is 5.69 Å². The number of benzene rings is 1. The van der Waals surface area contributed by atoms with Gasteiger partial charge in [0.05, 0.1) is 10.6 Å². The van der Waals surface area contributed by atoms with E-state index in [1.54, 1.807) is 19.9 Å². The molecule has 10 heteroatoms. The lowest BCUT2D eigenvalue weighted by atomic mass is 9.99. The molecule has 2 aromatic rings. The van der Waals surface area contributed by atoms with Gasteiger partial charge in [-0.2, -0.15) is 5.10 Å². The fourth-order valence-electron chi connectivity index (χ4n) is 2.72. The number of carbonyl (C=O) groups excluding carboxylic acids is 1. The van der Waals surface area contributed by atoms with E-state index < -0.39 is 22.2 Å². The maximum absolute atomic E-state index is 14.7. The van der Waals surface area contributed by atoms with E-state index >= 15 is 0 Å². The van der Waals surface area contributed by atoms with Gasteiger partial charge < -0.3 is 10.6 Å². The van der Waals surface area contributed by atoms with Crippen LogP contribution in [0.3, 0.4) is 0 Å². The highest BCUT2D eigenvalue weighted by molar-refractivity contribution is 5.96. The second kappa shape index (κ2) is 7.38. The number of carbonyl (C=O) groups is 1. The molecule has 0 fully saturated rings. The molecule has 0 atom stereocenters. The average molecular weight is 384 g/mol. The van der Waals surface area contributed by atoms with E-state index in [9.17, 15) is 19.3 Å². The van der Waals surface area contributed by atoms with Crippen molar-refractivity contribution in [3.63, 3.8) is 0 Å². The van der Waals surface area contributed by atoms with Crippen molar-refractivity contribution >= 4 is 29.7 Å². The molecule has 0 saturated heterocycles. The second-order valence-electron chi connectivity index (χ2n) is 6.40. The molecule has 2 N–H and O–H groups in total. The number of nitrogens with one attached hydrogen (secondary N) is 2. The standard InChI is InChI=1S/C16H18FN5O3.ClH/c1-16(2,21-9-11(8-19-21)22(24)25)15(23)20-13-4-3-10-7-18-6-5-12(10)14(13)17;/h3-4,8-9,18H,5-7H2,1-2H3,(H,20,23);1H. The van der Waals surface area contributed by atoms with Crippen molar-refractivity contribution in [1.29, 1.82) is 0 Å². The van der Waals surface area contributed by atoms with E-state index in [2.05, 4.69) is 15.7 Å². The molecule has 0 saturated carbocycles.